The summed E-state index contributed by atoms with van der Waals surface area (Å²) in [5.74, 6) is 0.0411. The molecule has 1 atom stereocenters. The van der Waals surface area contributed by atoms with Gasteiger partial charge in [0.05, 0.1) is 20.2 Å². The molecule has 0 aliphatic carbocycles. The molecule has 0 amide bonds. The van der Waals surface area contributed by atoms with Crippen molar-refractivity contribution in [2.75, 3.05) is 5.32 Å². The molecule has 2 heterocycles. The van der Waals surface area contributed by atoms with Crippen molar-refractivity contribution < 1.29 is 21.6 Å². The fourth-order valence-electron chi connectivity index (χ4n) is 3.64. The second-order valence-corrected chi connectivity index (χ2v) is 10.0. The van der Waals surface area contributed by atoms with E-state index < -0.39 is 33.0 Å². The van der Waals surface area contributed by atoms with Crippen LogP contribution in [-0.2, 0) is 16.0 Å². The molecule has 0 radical (unpaired) electrons. The van der Waals surface area contributed by atoms with E-state index in [4.69, 9.17) is 23.2 Å². The number of rotatable bonds is 5. The Hall–Kier alpha value is -1.71. The standard InChI is InChI=1S/C19H20Cl2F3N3O2S/c1-4-12(5-2)30(28,29)18-10(3)25-16-9-15(19(22,23)24)26-27(16)17(18)11-6-7-13(20)14(21)8-11/h6-9,12,17,25H,4-5H2,1-3H3. The molecular weight excluding hydrogens is 462 g/mol. The lowest BCUT2D eigenvalue weighted by Gasteiger charge is -2.32. The summed E-state index contributed by atoms with van der Waals surface area (Å²) in [6.45, 7) is 5.05. The fraction of sp³-hybridized carbons (Fsp3) is 0.421. The molecule has 3 rings (SSSR count). The third-order valence-electron chi connectivity index (χ3n) is 5.12. The second kappa shape index (κ2) is 8.09. The molecule has 0 spiro atoms. The smallest absolute Gasteiger partial charge is 0.343 e. The van der Waals surface area contributed by atoms with Gasteiger partial charge in [0, 0.05) is 11.8 Å². The van der Waals surface area contributed by atoms with E-state index in [2.05, 4.69) is 10.4 Å². The Kier molecular flexibility index (Phi) is 6.19. The van der Waals surface area contributed by atoms with Crippen LogP contribution < -0.4 is 5.32 Å². The number of halogens is 5. The predicted molar refractivity (Wildman–Crippen MR) is 111 cm³/mol. The van der Waals surface area contributed by atoms with E-state index in [1.54, 1.807) is 19.9 Å². The van der Waals surface area contributed by atoms with Crippen molar-refractivity contribution in [3.63, 3.8) is 0 Å². The topological polar surface area (TPSA) is 64.0 Å². The highest BCUT2D eigenvalue weighted by Crippen LogP contribution is 2.43. The summed E-state index contributed by atoms with van der Waals surface area (Å²) in [5.41, 5.74) is -0.504. The third-order valence-corrected chi connectivity index (χ3v) is 8.55. The number of alkyl halides is 3. The Morgan fingerprint density at radius 3 is 2.33 bits per heavy atom. The van der Waals surface area contributed by atoms with Gasteiger partial charge in [-0.15, -0.1) is 0 Å². The van der Waals surface area contributed by atoms with Gasteiger partial charge < -0.3 is 5.32 Å². The maximum atomic E-state index is 13.5. The molecule has 1 aliphatic rings. The maximum absolute atomic E-state index is 13.5. The largest absolute Gasteiger partial charge is 0.435 e. The Morgan fingerprint density at radius 1 is 1.17 bits per heavy atom. The molecule has 0 saturated carbocycles. The van der Waals surface area contributed by atoms with Crippen molar-refractivity contribution in [1.82, 2.24) is 9.78 Å². The van der Waals surface area contributed by atoms with Crippen molar-refractivity contribution in [2.24, 2.45) is 0 Å². The van der Waals surface area contributed by atoms with Crippen LogP contribution in [0.15, 0.2) is 34.9 Å². The van der Waals surface area contributed by atoms with Crippen molar-refractivity contribution >= 4 is 38.9 Å². The molecule has 5 nitrogen and oxygen atoms in total. The van der Waals surface area contributed by atoms with Crippen LogP contribution in [0.5, 0.6) is 0 Å². The average Bonchev–Trinajstić information content (AvgIpc) is 3.07. The number of allylic oxidation sites excluding steroid dienone is 2. The quantitative estimate of drug-likeness (QED) is 0.563. The second-order valence-electron chi connectivity index (χ2n) is 7.03. The van der Waals surface area contributed by atoms with Crippen molar-refractivity contribution in [3.8, 4) is 0 Å². The van der Waals surface area contributed by atoms with Crippen molar-refractivity contribution in [1.29, 1.82) is 0 Å². The molecule has 30 heavy (non-hydrogen) atoms. The molecule has 0 fully saturated rings. The minimum absolute atomic E-state index is 0.0288. The van der Waals surface area contributed by atoms with Crippen LogP contribution in [0.4, 0.5) is 19.0 Å². The molecule has 1 aromatic carbocycles. The summed E-state index contributed by atoms with van der Waals surface area (Å²) in [4.78, 5) is -0.0288. The van der Waals surface area contributed by atoms with Gasteiger partial charge in [0.25, 0.3) is 0 Å². The van der Waals surface area contributed by atoms with Crippen molar-refractivity contribution in [2.45, 2.75) is 51.1 Å². The Bertz CT molecular complexity index is 1110. The van der Waals surface area contributed by atoms with Gasteiger partial charge in [-0.1, -0.05) is 43.1 Å². The maximum Gasteiger partial charge on any atom is 0.435 e. The van der Waals surface area contributed by atoms with E-state index in [-0.39, 0.29) is 26.5 Å². The van der Waals surface area contributed by atoms with Gasteiger partial charge in [-0.2, -0.15) is 18.3 Å². The summed E-state index contributed by atoms with van der Waals surface area (Å²) in [6.07, 6.45) is -3.95. The van der Waals surface area contributed by atoms with E-state index in [0.29, 0.717) is 18.4 Å². The summed E-state index contributed by atoms with van der Waals surface area (Å²) in [6, 6.07) is 4.21. The molecule has 11 heteroatoms. The first-order chi connectivity index (χ1) is 13.9. The van der Waals surface area contributed by atoms with Crippen molar-refractivity contribution in [3.05, 3.63) is 56.2 Å². The zero-order valence-corrected chi connectivity index (χ0v) is 18.7. The highest BCUT2D eigenvalue weighted by atomic mass is 35.5. The number of hydrogen-bond donors (Lipinski definition) is 1. The van der Waals surface area contributed by atoms with E-state index in [9.17, 15) is 21.6 Å². The van der Waals surface area contributed by atoms with Crippen LogP contribution in [0.3, 0.4) is 0 Å². The molecule has 1 unspecified atom stereocenters. The van der Waals surface area contributed by atoms with Gasteiger partial charge in [0.1, 0.15) is 11.9 Å². The lowest BCUT2D eigenvalue weighted by molar-refractivity contribution is -0.141. The van der Waals surface area contributed by atoms with E-state index in [1.807, 2.05) is 0 Å². The minimum Gasteiger partial charge on any atom is -0.343 e. The summed E-state index contributed by atoms with van der Waals surface area (Å²) >= 11 is 12.1. The molecule has 0 saturated heterocycles. The van der Waals surface area contributed by atoms with Gasteiger partial charge in [-0.3, -0.25) is 0 Å². The van der Waals surface area contributed by atoms with Crippen LogP contribution in [0.25, 0.3) is 0 Å². The van der Waals surface area contributed by atoms with Gasteiger partial charge in [0.15, 0.2) is 15.5 Å². The average molecular weight is 482 g/mol. The number of aromatic nitrogens is 2. The summed E-state index contributed by atoms with van der Waals surface area (Å²) in [5, 5.41) is 6.20. The molecule has 0 bridgehead atoms. The Morgan fingerprint density at radius 2 is 1.80 bits per heavy atom. The summed E-state index contributed by atoms with van der Waals surface area (Å²) < 4.78 is 68.0. The SMILES string of the molecule is CCC(CC)S(=O)(=O)C1=C(C)Nc2cc(C(F)(F)F)nn2C1c1ccc(Cl)c(Cl)c1. The lowest BCUT2D eigenvalue weighted by Crippen LogP contribution is -2.33. The first-order valence-corrected chi connectivity index (χ1v) is 11.5. The highest BCUT2D eigenvalue weighted by Gasteiger charge is 2.42. The van der Waals surface area contributed by atoms with Crippen LogP contribution in [0, 0.1) is 0 Å². The number of fused-ring (bicyclic) bond motifs is 1. The van der Waals surface area contributed by atoms with E-state index >= 15 is 0 Å². The predicted octanol–water partition coefficient (Wildman–Crippen LogP) is 6.06. The first kappa shape index (κ1) is 23.0. The van der Waals surface area contributed by atoms with Gasteiger partial charge in [-0.05, 0) is 37.5 Å². The lowest BCUT2D eigenvalue weighted by atomic mass is 10.0. The zero-order chi connectivity index (χ0) is 22.4. The Balaban J connectivity index is 2.30. The molecule has 2 aromatic rings. The number of nitrogens with zero attached hydrogens (tertiary/aromatic N) is 2. The third kappa shape index (κ3) is 3.94. The van der Waals surface area contributed by atoms with Gasteiger partial charge >= 0.3 is 6.18 Å². The van der Waals surface area contributed by atoms with E-state index in [0.717, 1.165) is 10.7 Å². The normalized spacial score (nSPS) is 17.3. The van der Waals surface area contributed by atoms with Crippen LogP contribution in [0.1, 0.15) is 50.9 Å². The number of anilines is 1. The van der Waals surface area contributed by atoms with Crippen LogP contribution >= 0.6 is 23.2 Å². The zero-order valence-electron chi connectivity index (χ0n) is 16.4. The number of nitrogens with one attached hydrogen (secondary N) is 1. The first-order valence-electron chi connectivity index (χ1n) is 9.25. The number of hydrogen-bond acceptors (Lipinski definition) is 4. The molecule has 1 aromatic heterocycles. The van der Waals surface area contributed by atoms with E-state index in [1.165, 1.54) is 19.1 Å². The van der Waals surface area contributed by atoms with Crippen LogP contribution in [-0.4, -0.2) is 23.4 Å². The number of sulfone groups is 1. The van der Waals surface area contributed by atoms with Gasteiger partial charge in [0.2, 0.25) is 0 Å². The molecule has 1 aliphatic heterocycles. The monoisotopic (exact) mass is 481 g/mol. The van der Waals surface area contributed by atoms with Crippen LogP contribution in [0.2, 0.25) is 10.0 Å². The number of benzene rings is 1. The fourth-order valence-corrected chi connectivity index (χ4v) is 6.21. The molecular formula is C19H20Cl2F3N3O2S. The Labute approximate surface area is 182 Å². The van der Waals surface area contributed by atoms with Gasteiger partial charge in [-0.25, -0.2) is 13.1 Å². The molecule has 164 valence electrons. The minimum atomic E-state index is -4.68. The molecule has 1 N–H and O–H groups in total. The highest BCUT2D eigenvalue weighted by molar-refractivity contribution is 7.95. The summed E-state index contributed by atoms with van der Waals surface area (Å²) in [7, 11) is -3.86.